The standard InChI is InChI=1S/C15H16N4OS/c1-9-7-10(2)17-13(8-9)19-14(20)11-3-5-12(6-4-11)18-15(16)21/h3-8H,1-2H3,(H3,16,18,21)(H,17,19,20). The number of carbonyl (C=O) groups excluding carboxylic acids is 1. The SMILES string of the molecule is Cc1cc(C)nc(NC(=O)c2ccc(NC(N)=S)cc2)c1. The number of carbonyl (C=O) groups is 1. The molecule has 2 rings (SSSR count). The first kappa shape index (κ1) is 14.9. The molecular weight excluding hydrogens is 284 g/mol. The predicted octanol–water partition coefficient (Wildman–Crippen LogP) is 2.61. The summed E-state index contributed by atoms with van der Waals surface area (Å²) >= 11 is 4.75. The van der Waals surface area contributed by atoms with Crippen molar-refractivity contribution in [2.24, 2.45) is 5.73 Å². The summed E-state index contributed by atoms with van der Waals surface area (Å²) in [7, 11) is 0. The fourth-order valence-corrected chi connectivity index (χ4v) is 2.06. The number of thiocarbonyl (C=S) groups is 1. The highest BCUT2D eigenvalue weighted by Gasteiger charge is 2.07. The molecule has 2 aromatic rings. The monoisotopic (exact) mass is 300 g/mol. The van der Waals surface area contributed by atoms with Crippen molar-refractivity contribution in [2.45, 2.75) is 13.8 Å². The summed E-state index contributed by atoms with van der Waals surface area (Å²) in [4.78, 5) is 16.4. The van der Waals surface area contributed by atoms with Gasteiger partial charge in [-0.1, -0.05) is 0 Å². The molecule has 0 saturated carbocycles. The summed E-state index contributed by atoms with van der Waals surface area (Å²) in [5, 5.41) is 5.77. The molecule has 0 atom stereocenters. The summed E-state index contributed by atoms with van der Waals surface area (Å²) in [6.45, 7) is 3.85. The Morgan fingerprint density at radius 3 is 2.38 bits per heavy atom. The summed E-state index contributed by atoms with van der Waals surface area (Å²) in [6, 6.07) is 10.6. The molecule has 0 aliphatic heterocycles. The van der Waals surface area contributed by atoms with Crippen LogP contribution in [0.5, 0.6) is 0 Å². The van der Waals surface area contributed by atoms with Crippen LogP contribution in [0.25, 0.3) is 0 Å². The number of anilines is 2. The molecule has 0 bridgehead atoms. The van der Waals surface area contributed by atoms with Gasteiger partial charge in [0.2, 0.25) is 0 Å². The van der Waals surface area contributed by atoms with Crippen molar-refractivity contribution in [3.05, 3.63) is 53.2 Å². The Hall–Kier alpha value is -2.47. The van der Waals surface area contributed by atoms with Gasteiger partial charge in [-0.25, -0.2) is 4.98 Å². The van der Waals surface area contributed by atoms with Crippen molar-refractivity contribution in [1.29, 1.82) is 0 Å². The third-order valence-corrected chi connectivity index (χ3v) is 2.86. The van der Waals surface area contributed by atoms with Crippen LogP contribution in [0.2, 0.25) is 0 Å². The summed E-state index contributed by atoms with van der Waals surface area (Å²) in [5.41, 5.74) is 8.57. The third kappa shape index (κ3) is 4.25. The van der Waals surface area contributed by atoms with Gasteiger partial charge in [0.1, 0.15) is 5.82 Å². The zero-order chi connectivity index (χ0) is 15.4. The van der Waals surface area contributed by atoms with Crippen LogP contribution >= 0.6 is 12.2 Å². The summed E-state index contributed by atoms with van der Waals surface area (Å²) in [6.07, 6.45) is 0. The van der Waals surface area contributed by atoms with E-state index in [0.717, 1.165) is 16.9 Å². The van der Waals surface area contributed by atoms with E-state index in [2.05, 4.69) is 15.6 Å². The van der Waals surface area contributed by atoms with Crippen LogP contribution in [-0.2, 0) is 0 Å². The largest absolute Gasteiger partial charge is 0.376 e. The lowest BCUT2D eigenvalue weighted by Gasteiger charge is -2.08. The molecule has 0 unspecified atom stereocenters. The van der Waals surface area contributed by atoms with Crippen LogP contribution in [0.3, 0.4) is 0 Å². The number of nitrogens with one attached hydrogen (secondary N) is 2. The van der Waals surface area contributed by atoms with E-state index in [0.29, 0.717) is 11.4 Å². The van der Waals surface area contributed by atoms with E-state index < -0.39 is 0 Å². The first-order valence-corrected chi connectivity index (χ1v) is 6.78. The molecule has 108 valence electrons. The number of rotatable bonds is 3. The van der Waals surface area contributed by atoms with Crippen molar-refractivity contribution in [2.75, 3.05) is 10.6 Å². The molecule has 1 amide bonds. The first-order chi connectivity index (χ1) is 9.94. The number of amides is 1. The number of benzene rings is 1. The van der Waals surface area contributed by atoms with E-state index in [9.17, 15) is 4.79 Å². The lowest BCUT2D eigenvalue weighted by Crippen LogP contribution is -2.19. The lowest BCUT2D eigenvalue weighted by molar-refractivity contribution is 0.102. The van der Waals surface area contributed by atoms with Gasteiger partial charge < -0.3 is 16.4 Å². The molecule has 6 heteroatoms. The molecule has 0 saturated heterocycles. The fraction of sp³-hybridized carbons (Fsp3) is 0.133. The van der Waals surface area contributed by atoms with Crippen LogP contribution in [0.4, 0.5) is 11.5 Å². The van der Waals surface area contributed by atoms with Crippen molar-refractivity contribution >= 4 is 34.7 Å². The average molecular weight is 300 g/mol. The molecule has 0 aliphatic rings. The van der Waals surface area contributed by atoms with E-state index in [1.165, 1.54) is 0 Å². The maximum absolute atomic E-state index is 12.1. The Balaban J connectivity index is 2.11. The quantitative estimate of drug-likeness (QED) is 0.759. The minimum Gasteiger partial charge on any atom is -0.376 e. The van der Waals surface area contributed by atoms with Gasteiger partial charge in [0, 0.05) is 16.9 Å². The molecular formula is C15H16N4OS. The number of nitrogens with zero attached hydrogens (tertiary/aromatic N) is 1. The highest BCUT2D eigenvalue weighted by Crippen LogP contribution is 2.13. The smallest absolute Gasteiger partial charge is 0.256 e. The Bertz CT molecular complexity index is 662. The number of nitrogens with two attached hydrogens (primary N) is 1. The Kier molecular flexibility index (Phi) is 4.49. The van der Waals surface area contributed by atoms with E-state index in [1.54, 1.807) is 24.3 Å². The number of hydrogen-bond donors (Lipinski definition) is 3. The molecule has 5 nitrogen and oxygen atoms in total. The second-order valence-corrected chi connectivity index (χ2v) is 5.13. The molecule has 0 aliphatic carbocycles. The van der Waals surface area contributed by atoms with E-state index in [1.807, 2.05) is 26.0 Å². The van der Waals surface area contributed by atoms with Crippen LogP contribution in [0.1, 0.15) is 21.6 Å². The van der Waals surface area contributed by atoms with E-state index in [4.69, 9.17) is 18.0 Å². The van der Waals surface area contributed by atoms with Crippen LogP contribution in [-0.4, -0.2) is 16.0 Å². The van der Waals surface area contributed by atoms with Crippen LogP contribution in [0.15, 0.2) is 36.4 Å². The van der Waals surface area contributed by atoms with E-state index in [-0.39, 0.29) is 11.0 Å². The first-order valence-electron chi connectivity index (χ1n) is 6.37. The zero-order valence-electron chi connectivity index (χ0n) is 11.8. The maximum atomic E-state index is 12.1. The van der Waals surface area contributed by atoms with Gasteiger partial charge in [0.05, 0.1) is 0 Å². The maximum Gasteiger partial charge on any atom is 0.256 e. The number of aromatic nitrogens is 1. The predicted molar refractivity (Wildman–Crippen MR) is 88.5 cm³/mol. The molecule has 1 heterocycles. The second kappa shape index (κ2) is 6.32. The average Bonchev–Trinajstić information content (AvgIpc) is 2.37. The van der Waals surface area contributed by atoms with Crippen LogP contribution in [0, 0.1) is 13.8 Å². The van der Waals surface area contributed by atoms with Crippen molar-refractivity contribution < 1.29 is 4.79 Å². The fourth-order valence-electron chi connectivity index (χ4n) is 1.94. The van der Waals surface area contributed by atoms with Gasteiger partial charge >= 0.3 is 0 Å². The molecule has 4 N–H and O–H groups in total. The highest BCUT2D eigenvalue weighted by atomic mass is 32.1. The Morgan fingerprint density at radius 2 is 1.81 bits per heavy atom. The molecule has 1 aromatic carbocycles. The minimum absolute atomic E-state index is 0.187. The van der Waals surface area contributed by atoms with E-state index >= 15 is 0 Å². The number of pyridine rings is 1. The minimum atomic E-state index is -0.214. The summed E-state index contributed by atoms with van der Waals surface area (Å²) < 4.78 is 0. The van der Waals surface area contributed by atoms with Gasteiger partial charge in [0.25, 0.3) is 5.91 Å². The zero-order valence-corrected chi connectivity index (χ0v) is 12.6. The lowest BCUT2D eigenvalue weighted by atomic mass is 10.2. The van der Waals surface area contributed by atoms with Gasteiger partial charge in [0.15, 0.2) is 5.11 Å². The normalized spacial score (nSPS) is 10.0. The molecule has 0 spiro atoms. The van der Waals surface area contributed by atoms with Crippen LogP contribution < -0.4 is 16.4 Å². The second-order valence-electron chi connectivity index (χ2n) is 4.69. The summed E-state index contributed by atoms with van der Waals surface area (Å²) in [5.74, 6) is 0.331. The van der Waals surface area contributed by atoms with Gasteiger partial charge in [-0.15, -0.1) is 0 Å². The van der Waals surface area contributed by atoms with Crippen molar-refractivity contribution in [3.63, 3.8) is 0 Å². The molecule has 0 fully saturated rings. The van der Waals surface area contributed by atoms with Gasteiger partial charge in [-0.2, -0.15) is 0 Å². The van der Waals surface area contributed by atoms with Gasteiger partial charge in [-0.3, -0.25) is 4.79 Å². The number of aryl methyl sites for hydroxylation is 2. The van der Waals surface area contributed by atoms with Gasteiger partial charge in [-0.05, 0) is 68.0 Å². The Morgan fingerprint density at radius 1 is 1.14 bits per heavy atom. The molecule has 1 aromatic heterocycles. The topological polar surface area (TPSA) is 80.0 Å². The van der Waals surface area contributed by atoms with Crippen molar-refractivity contribution in [1.82, 2.24) is 4.98 Å². The highest BCUT2D eigenvalue weighted by molar-refractivity contribution is 7.80. The Labute approximate surface area is 128 Å². The van der Waals surface area contributed by atoms with Crippen molar-refractivity contribution in [3.8, 4) is 0 Å². The molecule has 0 radical (unpaired) electrons. The number of hydrogen-bond acceptors (Lipinski definition) is 3. The molecule has 21 heavy (non-hydrogen) atoms. The third-order valence-electron chi connectivity index (χ3n) is 2.75.